The minimum absolute atomic E-state index is 0.488. The van der Waals surface area contributed by atoms with E-state index in [1.807, 2.05) is 0 Å². The Kier molecular flexibility index (Phi) is 4.66. The minimum atomic E-state index is 0.488. The third-order valence-electron chi connectivity index (χ3n) is 4.65. The van der Waals surface area contributed by atoms with Crippen LogP contribution in [0.1, 0.15) is 51.9 Å². The van der Waals surface area contributed by atoms with Crippen LogP contribution in [-0.4, -0.2) is 25.8 Å². The molecule has 2 rings (SSSR count). The van der Waals surface area contributed by atoms with Crippen LogP contribution in [0.3, 0.4) is 0 Å². The van der Waals surface area contributed by atoms with Crippen LogP contribution in [0.15, 0.2) is 0 Å². The van der Waals surface area contributed by atoms with Crippen molar-refractivity contribution in [2.24, 2.45) is 11.8 Å². The van der Waals surface area contributed by atoms with Crippen molar-refractivity contribution >= 4 is 0 Å². The first kappa shape index (κ1) is 12.4. The summed E-state index contributed by atoms with van der Waals surface area (Å²) in [5.74, 6) is 1.78. The quantitative estimate of drug-likeness (QED) is 0.794. The second kappa shape index (κ2) is 6.02. The maximum absolute atomic E-state index is 5.89. The summed E-state index contributed by atoms with van der Waals surface area (Å²) in [6, 6.07) is 0.604. The lowest BCUT2D eigenvalue weighted by Gasteiger charge is -2.39. The van der Waals surface area contributed by atoms with Crippen LogP contribution in [0.5, 0.6) is 0 Å². The Labute approximate surface area is 100 Å². The largest absolute Gasteiger partial charge is 0.377 e. The van der Waals surface area contributed by atoms with Gasteiger partial charge in [-0.2, -0.15) is 0 Å². The average Bonchev–Trinajstić information content (AvgIpc) is 2.84. The maximum Gasteiger partial charge on any atom is 0.0731 e. The van der Waals surface area contributed by atoms with Gasteiger partial charge in [-0.25, -0.2) is 0 Å². The number of nitrogens with one attached hydrogen (secondary N) is 1. The lowest BCUT2D eigenvalue weighted by molar-refractivity contribution is 0.0354. The fourth-order valence-corrected chi connectivity index (χ4v) is 3.78. The summed E-state index contributed by atoms with van der Waals surface area (Å²) in [6.07, 6.45) is 10.1. The highest BCUT2D eigenvalue weighted by atomic mass is 16.5. The van der Waals surface area contributed by atoms with Crippen LogP contribution < -0.4 is 5.32 Å². The molecule has 2 heteroatoms. The highest BCUT2D eigenvalue weighted by molar-refractivity contribution is 4.90. The van der Waals surface area contributed by atoms with Crippen LogP contribution in [0.4, 0.5) is 0 Å². The van der Waals surface area contributed by atoms with Gasteiger partial charge >= 0.3 is 0 Å². The summed E-state index contributed by atoms with van der Waals surface area (Å²) < 4.78 is 5.89. The normalized spacial score (nSPS) is 37.5. The molecule has 1 heterocycles. The van der Waals surface area contributed by atoms with Crippen LogP contribution in [0.2, 0.25) is 0 Å². The van der Waals surface area contributed by atoms with E-state index in [1.165, 1.54) is 44.9 Å². The van der Waals surface area contributed by atoms with Crippen LogP contribution in [0.25, 0.3) is 0 Å². The van der Waals surface area contributed by atoms with E-state index in [0.29, 0.717) is 12.1 Å². The molecule has 4 unspecified atom stereocenters. The van der Waals surface area contributed by atoms with Gasteiger partial charge in [0.2, 0.25) is 0 Å². The number of hydrogen-bond donors (Lipinski definition) is 1. The minimum Gasteiger partial charge on any atom is -0.377 e. The first-order valence-corrected chi connectivity index (χ1v) is 7.15. The molecular weight excluding hydrogens is 198 g/mol. The third kappa shape index (κ3) is 2.60. The van der Waals surface area contributed by atoms with Crippen molar-refractivity contribution in [2.75, 3.05) is 13.7 Å². The first-order chi connectivity index (χ1) is 7.86. The van der Waals surface area contributed by atoms with Crippen molar-refractivity contribution in [3.8, 4) is 0 Å². The number of hydrogen-bond acceptors (Lipinski definition) is 2. The molecule has 2 aliphatic rings. The van der Waals surface area contributed by atoms with Crippen LogP contribution >= 0.6 is 0 Å². The molecule has 0 aromatic heterocycles. The molecule has 1 aliphatic carbocycles. The van der Waals surface area contributed by atoms with E-state index in [-0.39, 0.29) is 0 Å². The molecular formula is C14H27NO. The molecule has 16 heavy (non-hydrogen) atoms. The van der Waals surface area contributed by atoms with E-state index in [0.717, 1.165) is 18.4 Å². The lowest BCUT2D eigenvalue weighted by Crippen LogP contribution is -2.47. The molecule has 4 atom stereocenters. The van der Waals surface area contributed by atoms with E-state index in [2.05, 4.69) is 19.3 Å². The van der Waals surface area contributed by atoms with Crippen molar-refractivity contribution in [3.63, 3.8) is 0 Å². The number of rotatable bonds is 4. The Bertz CT molecular complexity index is 199. The fraction of sp³-hybridized carbons (Fsp3) is 1.00. The standard InChI is InChI=1S/C14H27NO/c1-3-11-7-4-5-8-12(11)14(15-2)13-9-6-10-16-13/h11-15H,3-10H2,1-2H3. The highest BCUT2D eigenvalue weighted by Crippen LogP contribution is 2.37. The summed E-state index contributed by atoms with van der Waals surface area (Å²) in [6.45, 7) is 3.33. The summed E-state index contributed by atoms with van der Waals surface area (Å²) in [5.41, 5.74) is 0. The molecule has 0 aromatic carbocycles. The molecule has 1 saturated heterocycles. The van der Waals surface area contributed by atoms with Gasteiger partial charge in [0.25, 0.3) is 0 Å². The fourth-order valence-electron chi connectivity index (χ4n) is 3.78. The molecule has 1 aliphatic heterocycles. The Morgan fingerprint density at radius 1 is 1.19 bits per heavy atom. The predicted octanol–water partition coefficient (Wildman–Crippen LogP) is 2.97. The van der Waals surface area contributed by atoms with E-state index in [1.54, 1.807) is 0 Å². The second-order valence-corrected chi connectivity index (χ2v) is 5.48. The summed E-state index contributed by atoms with van der Waals surface area (Å²) in [4.78, 5) is 0. The lowest BCUT2D eigenvalue weighted by atomic mass is 9.72. The van der Waals surface area contributed by atoms with E-state index in [4.69, 9.17) is 4.74 Å². The van der Waals surface area contributed by atoms with Crippen molar-refractivity contribution in [2.45, 2.75) is 64.0 Å². The Morgan fingerprint density at radius 2 is 2.00 bits per heavy atom. The molecule has 0 amide bonds. The first-order valence-electron chi connectivity index (χ1n) is 7.15. The van der Waals surface area contributed by atoms with Gasteiger partial charge < -0.3 is 10.1 Å². The molecule has 2 nitrogen and oxygen atoms in total. The van der Waals surface area contributed by atoms with Crippen molar-refractivity contribution in [1.82, 2.24) is 5.32 Å². The Hall–Kier alpha value is -0.0800. The van der Waals surface area contributed by atoms with Crippen molar-refractivity contribution in [3.05, 3.63) is 0 Å². The van der Waals surface area contributed by atoms with Gasteiger partial charge in [0.05, 0.1) is 6.10 Å². The highest BCUT2D eigenvalue weighted by Gasteiger charge is 2.36. The topological polar surface area (TPSA) is 21.3 Å². The number of ether oxygens (including phenoxy) is 1. The van der Waals surface area contributed by atoms with Gasteiger partial charge in [-0.1, -0.05) is 32.6 Å². The Balaban J connectivity index is 1.99. The van der Waals surface area contributed by atoms with E-state index < -0.39 is 0 Å². The second-order valence-electron chi connectivity index (χ2n) is 5.48. The Morgan fingerprint density at radius 3 is 2.62 bits per heavy atom. The van der Waals surface area contributed by atoms with Gasteiger partial charge in [-0.05, 0) is 38.1 Å². The van der Waals surface area contributed by atoms with Gasteiger partial charge in [0.15, 0.2) is 0 Å². The van der Waals surface area contributed by atoms with Crippen molar-refractivity contribution in [1.29, 1.82) is 0 Å². The molecule has 1 N–H and O–H groups in total. The zero-order valence-corrected chi connectivity index (χ0v) is 10.9. The van der Waals surface area contributed by atoms with Gasteiger partial charge in [0.1, 0.15) is 0 Å². The van der Waals surface area contributed by atoms with Crippen LogP contribution in [0, 0.1) is 11.8 Å². The SMILES string of the molecule is CCC1CCCCC1C(NC)C1CCCO1. The summed E-state index contributed by atoms with van der Waals surface area (Å²) in [7, 11) is 2.12. The third-order valence-corrected chi connectivity index (χ3v) is 4.65. The molecule has 0 aromatic rings. The van der Waals surface area contributed by atoms with Gasteiger partial charge in [0, 0.05) is 12.6 Å². The van der Waals surface area contributed by atoms with Crippen molar-refractivity contribution < 1.29 is 4.74 Å². The zero-order chi connectivity index (χ0) is 11.4. The molecule has 0 bridgehead atoms. The molecule has 1 saturated carbocycles. The monoisotopic (exact) mass is 225 g/mol. The van der Waals surface area contributed by atoms with E-state index in [9.17, 15) is 0 Å². The van der Waals surface area contributed by atoms with Gasteiger partial charge in [-0.3, -0.25) is 0 Å². The maximum atomic E-state index is 5.89. The molecule has 94 valence electrons. The smallest absolute Gasteiger partial charge is 0.0731 e. The van der Waals surface area contributed by atoms with E-state index >= 15 is 0 Å². The van der Waals surface area contributed by atoms with Gasteiger partial charge in [-0.15, -0.1) is 0 Å². The number of likely N-dealkylation sites (N-methyl/N-ethyl adjacent to an activating group) is 1. The predicted molar refractivity (Wildman–Crippen MR) is 67.6 cm³/mol. The summed E-state index contributed by atoms with van der Waals surface area (Å²) >= 11 is 0. The molecule has 0 radical (unpaired) electrons. The van der Waals surface area contributed by atoms with Crippen LogP contribution in [-0.2, 0) is 4.74 Å². The molecule has 2 fully saturated rings. The summed E-state index contributed by atoms with van der Waals surface area (Å²) in [5, 5.41) is 3.55. The average molecular weight is 225 g/mol. The zero-order valence-electron chi connectivity index (χ0n) is 10.9. The molecule has 0 spiro atoms.